The van der Waals surface area contributed by atoms with E-state index >= 15 is 0 Å². The lowest BCUT2D eigenvalue weighted by Gasteiger charge is -2.14. The summed E-state index contributed by atoms with van der Waals surface area (Å²) in [4.78, 5) is 22.7. The molecule has 0 saturated carbocycles. The Morgan fingerprint density at radius 2 is 1.10 bits per heavy atom. The average Bonchev–Trinajstić information content (AvgIpc) is 2.38. The highest BCUT2D eigenvalue weighted by Gasteiger charge is 2.17. The van der Waals surface area contributed by atoms with Crippen LogP contribution >= 0.6 is 31.9 Å². The zero-order valence-corrected chi connectivity index (χ0v) is 14.2. The van der Waals surface area contributed by atoms with Gasteiger partial charge in [0.2, 0.25) is 0 Å². The van der Waals surface area contributed by atoms with Crippen LogP contribution in [-0.4, -0.2) is 12.6 Å². The normalized spacial score (nSPS) is 10.4. The molecule has 0 heterocycles. The Morgan fingerprint density at radius 3 is 1.40 bits per heavy atom. The van der Waals surface area contributed by atoms with Crippen molar-refractivity contribution >= 4 is 44.4 Å². The smallest absolute Gasteiger partial charge is 0.150 e. The number of benzene rings is 2. The van der Waals surface area contributed by atoms with Crippen molar-refractivity contribution in [3.05, 3.63) is 55.5 Å². The third-order valence-electron chi connectivity index (χ3n) is 3.03. The third kappa shape index (κ3) is 2.76. The molecule has 4 heteroatoms. The van der Waals surface area contributed by atoms with Crippen LogP contribution < -0.4 is 0 Å². The van der Waals surface area contributed by atoms with Gasteiger partial charge >= 0.3 is 0 Å². The number of carbonyl (C=O) groups excluding carboxylic acids is 2. The van der Waals surface area contributed by atoms with E-state index in [1.165, 1.54) is 0 Å². The number of hydrogen-bond donors (Lipinski definition) is 0. The molecule has 2 nitrogen and oxygen atoms in total. The van der Waals surface area contributed by atoms with Gasteiger partial charge in [0.1, 0.15) is 0 Å². The lowest BCUT2D eigenvalue weighted by atomic mass is 9.94. The van der Waals surface area contributed by atoms with Gasteiger partial charge < -0.3 is 0 Å². The van der Waals surface area contributed by atoms with E-state index < -0.39 is 0 Å². The summed E-state index contributed by atoms with van der Waals surface area (Å²) in [6, 6.07) is 7.49. The molecule has 20 heavy (non-hydrogen) atoms. The van der Waals surface area contributed by atoms with E-state index in [2.05, 4.69) is 31.9 Å². The molecular formula is C16H12Br2O2. The molecule has 0 atom stereocenters. The summed E-state index contributed by atoms with van der Waals surface area (Å²) in [7, 11) is 0. The second kappa shape index (κ2) is 6.02. The second-order valence-electron chi connectivity index (χ2n) is 4.66. The zero-order chi connectivity index (χ0) is 14.9. The number of aldehydes is 2. The van der Waals surface area contributed by atoms with Gasteiger partial charge in [-0.3, -0.25) is 9.59 Å². The van der Waals surface area contributed by atoms with Crippen LogP contribution in [0.3, 0.4) is 0 Å². The molecule has 0 aliphatic rings. The standard InChI is InChI=1S/C16H12Br2O2/c1-9-3-11(7-19)15(13(17)5-9)16-12(8-20)4-10(2)6-14(16)18/h3-8H,1-2H3. The maximum absolute atomic E-state index is 11.4. The summed E-state index contributed by atoms with van der Waals surface area (Å²) < 4.78 is 1.60. The van der Waals surface area contributed by atoms with Gasteiger partial charge in [0.15, 0.2) is 12.6 Å². The summed E-state index contributed by atoms with van der Waals surface area (Å²) in [6.07, 6.45) is 1.63. The molecule has 0 unspecified atom stereocenters. The molecular weight excluding hydrogens is 384 g/mol. The Balaban J connectivity index is 2.88. The van der Waals surface area contributed by atoms with Crippen LogP contribution in [-0.2, 0) is 0 Å². The summed E-state index contributed by atoms with van der Waals surface area (Å²) in [5, 5.41) is 0. The Labute approximate surface area is 134 Å². The van der Waals surface area contributed by atoms with Crippen molar-refractivity contribution in [3.63, 3.8) is 0 Å². The van der Waals surface area contributed by atoms with Crippen LogP contribution in [0.25, 0.3) is 11.1 Å². The molecule has 0 spiro atoms. The van der Waals surface area contributed by atoms with Gasteiger partial charge in [0, 0.05) is 31.2 Å². The highest BCUT2D eigenvalue weighted by Crippen LogP contribution is 2.39. The fourth-order valence-electron chi connectivity index (χ4n) is 2.25. The van der Waals surface area contributed by atoms with Crippen molar-refractivity contribution in [2.45, 2.75) is 13.8 Å². The van der Waals surface area contributed by atoms with Crippen molar-refractivity contribution in [2.75, 3.05) is 0 Å². The first-order valence-corrected chi connectivity index (χ1v) is 7.57. The quantitative estimate of drug-likeness (QED) is 0.675. The van der Waals surface area contributed by atoms with Gasteiger partial charge in [-0.1, -0.05) is 31.9 Å². The van der Waals surface area contributed by atoms with E-state index in [1.807, 2.05) is 38.1 Å². The molecule has 0 fully saturated rings. The highest BCUT2D eigenvalue weighted by molar-refractivity contribution is 9.11. The van der Waals surface area contributed by atoms with Gasteiger partial charge in [0.05, 0.1) is 0 Å². The molecule has 2 aromatic carbocycles. The summed E-state index contributed by atoms with van der Waals surface area (Å²) in [5.74, 6) is 0. The van der Waals surface area contributed by atoms with Gasteiger partial charge in [0.25, 0.3) is 0 Å². The second-order valence-corrected chi connectivity index (χ2v) is 6.37. The van der Waals surface area contributed by atoms with Gasteiger partial charge in [-0.25, -0.2) is 0 Å². The van der Waals surface area contributed by atoms with E-state index in [9.17, 15) is 9.59 Å². The number of halogens is 2. The van der Waals surface area contributed by atoms with Crippen molar-refractivity contribution < 1.29 is 9.59 Å². The molecule has 0 amide bonds. The van der Waals surface area contributed by atoms with E-state index in [0.717, 1.165) is 43.8 Å². The average molecular weight is 396 g/mol. The minimum absolute atomic E-state index is 0.560. The first kappa shape index (κ1) is 15.1. The van der Waals surface area contributed by atoms with Crippen molar-refractivity contribution in [3.8, 4) is 11.1 Å². The minimum atomic E-state index is 0.560. The molecule has 0 radical (unpaired) electrons. The maximum atomic E-state index is 11.4. The first-order chi connectivity index (χ1) is 9.47. The van der Waals surface area contributed by atoms with Crippen molar-refractivity contribution in [2.24, 2.45) is 0 Å². The maximum Gasteiger partial charge on any atom is 0.150 e. The Morgan fingerprint density at radius 1 is 0.750 bits per heavy atom. The molecule has 0 saturated heterocycles. The molecule has 0 aromatic heterocycles. The van der Waals surface area contributed by atoms with Gasteiger partial charge in [-0.2, -0.15) is 0 Å². The number of carbonyl (C=O) groups is 2. The largest absolute Gasteiger partial charge is 0.298 e. The van der Waals surface area contributed by atoms with E-state index in [0.29, 0.717) is 11.1 Å². The van der Waals surface area contributed by atoms with Crippen LogP contribution in [0.2, 0.25) is 0 Å². The molecule has 0 N–H and O–H groups in total. The summed E-state index contributed by atoms with van der Waals surface area (Å²) >= 11 is 6.99. The Bertz CT molecular complexity index is 645. The zero-order valence-electron chi connectivity index (χ0n) is 11.0. The van der Waals surface area contributed by atoms with Gasteiger partial charge in [-0.05, 0) is 49.2 Å². The SMILES string of the molecule is Cc1cc(Br)c(-c2c(Br)cc(C)cc2C=O)c(C=O)c1. The van der Waals surface area contributed by atoms with Crippen LogP contribution in [0, 0.1) is 13.8 Å². The summed E-state index contributed by atoms with van der Waals surface area (Å²) in [5.41, 5.74) is 4.56. The number of hydrogen-bond acceptors (Lipinski definition) is 2. The van der Waals surface area contributed by atoms with Crippen LogP contribution in [0.1, 0.15) is 31.8 Å². The van der Waals surface area contributed by atoms with Crippen LogP contribution in [0.5, 0.6) is 0 Å². The fourth-order valence-corrected chi connectivity index (χ4v) is 3.83. The topological polar surface area (TPSA) is 34.1 Å². The molecule has 2 aromatic rings. The Hall–Kier alpha value is -1.26. The van der Waals surface area contributed by atoms with Crippen molar-refractivity contribution in [1.82, 2.24) is 0 Å². The van der Waals surface area contributed by atoms with E-state index in [4.69, 9.17) is 0 Å². The van der Waals surface area contributed by atoms with E-state index in [1.54, 1.807) is 0 Å². The van der Waals surface area contributed by atoms with Gasteiger partial charge in [-0.15, -0.1) is 0 Å². The molecule has 0 aliphatic heterocycles. The third-order valence-corrected chi connectivity index (χ3v) is 4.28. The monoisotopic (exact) mass is 394 g/mol. The number of aryl methyl sites for hydroxylation is 2. The molecule has 2 rings (SSSR count). The molecule has 0 aliphatic carbocycles. The molecule has 0 bridgehead atoms. The fraction of sp³-hybridized carbons (Fsp3) is 0.125. The number of rotatable bonds is 3. The summed E-state index contributed by atoms with van der Waals surface area (Å²) in [6.45, 7) is 3.85. The Kier molecular flexibility index (Phi) is 4.55. The lowest BCUT2D eigenvalue weighted by Crippen LogP contribution is -1.97. The first-order valence-electron chi connectivity index (χ1n) is 5.99. The molecule has 102 valence electrons. The van der Waals surface area contributed by atoms with E-state index in [-0.39, 0.29) is 0 Å². The van der Waals surface area contributed by atoms with Crippen LogP contribution in [0.15, 0.2) is 33.2 Å². The highest BCUT2D eigenvalue weighted by atomic mass is 79.9. The predicted octanol–water partition coefficient (Wildman–Crippen LogP) is 5.12. The van der Waals surface area contributed by atoms with Crippen molar-refractivity contribution in [1.29, 1.82) is 0 Å². The minimum Gasteiger partial charge on any atom is -0.298 e. The van der Waals surface area contributed by atoms with Crippen LogP contribution in [0.4, 0.5) is 0 Å². The predicted molar refractivity (Wildman–Crippen MR) is 87.5 cm³/mol. The lowest BCUT2D eigenvalue weighted by molar-refractivity contribution is 0.111.